The topological polar surface area (TPSA) is 49.4 Å². The van der Waals surface area contributed by atoms with Gasteiger partial charge in [0.1, 0.15) is 0 Å². The summed E-state index contributed by atoms with van der Waals surface area (Å²) in [5, 5.41) is 3.03. The van der Waals surface area contributed by atoms with Crippen molar-refractivity contribution in [1.29, 1.82) is 0 Å². The molecule has 4 nitrogen and oxygen atoms in total. The molecule has 1 aromatic carbocycles. The van der Waals surface area contributed by atoms with Gasteiger partial charge in [-0.3, -0.25) is 9.59 Å². The molecule has 0 aromatic heterocycles. The number of benzene rings is 1. The summed E-state index contributed by atoms with van der Waals surface area (Å²) in [6.07, 6.45) is 3.24. The second-order valence-corrected chi connectivity index (χ2v) is 7.09. The van der Waals surface area contributed by atoms with Crippen molar-refractivity contribution in [1.82, 2.24) is 5.32 Å². The molecule has 2 amide bonds. The van der Waals surface area contributed by atoms with Gasteiger partial charge in [0.05, 0.1) is 0 Å². The van der Waals surface area contributed by atoms with E-state index in [2.05, 4.69) is 25.2 Å². The third-order valence-corrected chi connectivity index (χ3v) is 4.75. The van der Waals surface area contributed by atoms with Crippen LogP contribution in [0, 0.1) is 11.8 Å². The van der Waals surface area contributed by atoms with Gasteiger partial charge in [0, 0.05) is 31.1 Å². The molecular formula is C20H30N2O2. The van der Waals surface area contributed by atoms with Crippen LogP contribution in [-0.2, 0) is 22.6 Å². The number of hydrogen-bond acceptors (Lipinski definition) is 2. The Bertz CT molecular complexity index is 591. The average Bonchev–Trinajstić information content (AvgIpc) is 2.96. The van der Waals surface area contributed by atoms with Gasteiger partial charge in [-0.1, -0.05) is 39.8 Å². The fraction of sp³-hybridized carbons (Fsp3) is 0.600. The summed E-state index contributed by atoms with van der Waals surface area (Å²) in [5.41, 5.74) is 3.35. The number of nitrogens with zero attached hydrogens (tertiary/aromatic N) is 1. The molecule has 0 spiro atoms. The van der Waals surface area contributed by atoms with Crippen molar-refractivity contribution in [3.63, 3.8) is 0 Å². The van der Waals surface area contributed by atoms with Gasteiger partial charge in [-0.05, 0) is 42.4 Å². The minimum absolute atomic E-state index is 0.101. The van der Waals surface area contributed by atoms with Crippen LogP contribution in [0.2, 0.25) is 0 Å². The van der Waals surface area contributed by atoms with Gasteiger partial charge in [0.2, 0.25) is 11.8 Å². The van der Waals surface area contributed by atoms with E-state index in [1.54, 1.807) is 0 Å². The highest BCUT2D eigenvalue weighted by atomic mass is 16.2. The molecule has 0 atom stereocenters. The highest BCUT2D eigenvalue weighted by Crippen LogP contribution is 2.30. The van der Waals surface area contributed by atoms with E-state index in [0.717, 1.165) is 37.1 Å². The standard InChI is InChI=1S/C20H30N2O2/c1-5-16(6-2)20(24)21-13-15-7-8-18-17(12-15)9-10-22(18)19(23)11-14(3)4/h7-8,12,14,16H,5-6,9-11,13H2,1-4H3,(H,21,24). The van der Waals surface area contributed by atoms with Gasteiger partial charge in [0.25, 0.3) is 0 Å². The molecule has 0 saturated carbocycles. The second-order valence-electron chi connectivity index (χ2n) is 7.09. The number of carbonyl (C=O) groups is 2. The monoisotopic (exact) mass is 330 g/mol. The number of rotatable bonds is 7. The van der Waals surface area contributed by atoms with Crippen LogP contribution in [0.25, 0.3) is 0 Å². The Morgan fingerprint density at radius 3 is 2.54 bits per heavy atom. The van der Waals surface area contributed by atoms with Gasteiger partial charge in [-0.15, -0.1) is 0 Å². The third kappa shape index (κ3) is 4.37. The fourth-order valence-electron chi connectivity index (χ4n) is 3.28. The molecule has 132 valence electrons. The van der Waals surface area contributed by atoms with Crippen molar-refractivity contribution in [2.45, 2.75) is 59.9 Å². The summed E-state index contributed by atoms with van der Waals surface area (Å²) in [5.74, 6) is 0.817. The molecule has 1 heterocycles. The average molecular weight is 330 g/mol. The normalized spacial score (nSPS) is 13.5. The largest absolute Gasteiger partial charge is 0.352 e. The van der Waals surface area contributed by atoms with Crippen molar-refractivity contribution in [3.05, 3.63) is 29.3 Å². The maximum atomic E-state index is 12.3. The SMILES string of the molecule is CCC(CC)C(=O)NCc1ccc2c(c1)CCN2C(=O)CC(C)C. The zero-order valence-corrected chi connectivity index (χ0v) is 15.4. The number of amides is 2. The Labute approximate surface area is 145 Å². The van der Waals surface area contributed by atoms with Gasteiger partial charge >= 0.3 is 0 Å². The molecule has 0 radical (unpaired) electrons. The molecule has 0 bridgehead atoms. The quantitative estimate of drug-likeness (QED) is 0.829. The van der Waals surface area contributed by atoms with E-state index >= 15 is 0 Å². The molecule has 24 heavy (non-hydrogen) atoms. The van der Waals surface area contributed by atoms with Gasteiger partial charge in [-0.2, -0.15) is 0 Å². The molecule has 2 rings (SSSR count). The Hall–Kier alpha value is -1.84. The van der Waals surface area contributed by atoms with Crippen molar-refractivity contribution in [3.8, 4) is 0 Å². The van der Waals surface area contributed by atoms with Crippen LogP contribution in [0.5, 0.6) is 0 Å². The summed E-state index contributed by atoms with van der Waals surface area (Å²) < 4.78 is 0. The van der Waals surface area contributed by atoms with Crippen LogP contribution >= 0.6 is 0 Å². The van der Waals surface area contributed by atoms with E-state index in [0.29, 0.717) is 18.9 Å². The molecule has 1 aliphatic rings. The van der Waals surface area contributed by atoms with Crippen LogP contribution in [0.1, 0.15) is 58.1 Å². The molecule has 0 unspecified atom stereocenters. The molecule has 1 aliphatic heterocycles. The lowest BCUT2D eigenvalue weighted by molar-refractivity contribution is -0.125. The zero-order valence-electron chi connectivity index (χ0n) is 15.4. The lowest BCUT2D eigenvalue weighted by Crippen LogP contribution is -2.30. The van der Waals surface area contributed by atoms with Crippen LogP contribution in [0.15, 0.2) is 18.2 Å². The van der Waals surface area contributed by atoms with Crippen LogP contribution in [0.4, 0.5) is 5.69 Å². The van der Waals surface area contributed by atoms with Crippen LogP contribution < -0.4 is 10.2 Å². The first-order valence-corrected chi connectivity index (χ1v) is 9.16. The zero-order chi connectivity index (χ0) is 17.7. The number of nitrogens with one attached hydrogen (secondary N) is 1. The Balaban J connectivity index is 2.00. The first-order chi connectivity index (χ1) is 11.5. The summed E-state index contributed by atoms with van der Waals surface area (Å²) in [7, 11) is 0. The van der Waals surface area contributed by atoms with Crippen LogP contribution in [0.3, 0.4) is 0 Å². The maximum absolute atomic E-state index is 12.3. The highest BCUT2D eigenvalue weighted by Gasteiger charge is 2.25. The predicted octanol–water partition coefficient (Wildman–Crippen LogP) is 3.67. The molecule has 4 heteroatoms. The lowest BCUT2D eigenvalue weighted by Gasteiger charge is -2.19. The van der Waals surface area contributed by atoms with E-state index < -0.39 is 0 Å². The minimum Gasteiger partial charge on any atom is -0.352 e. The number of hydrogen-bond donors (Lipinski definition) is 1. The molecule has 0 aliphatic carbocycles. The molecule has 1 N–H and O–H groups in total. The van der Waals surface area contributed by atoms with Gasteiger partial charge < -0.3 is 10.2 Å². The predicted molar refractivity (Wildman–Crippen MR) is 97.9 cm³/mol. The van der Waals surface area contributed by atoms with Gasteiger partial charge in [-0.25, -0.2) is 0 Å². The highest BCUT2D eigenvalue weighted by molar-refractivity contribution is 5.95. The molecule has 0 saturated heterocycles. The second kappa shape index (κ2) is 8.32. The first-order valence-electron chi connectivity index (χ1n) is 9.16. The number of carbonyl (C=O) groups excluding carboxylic acids is 2. The van der Waals surface area contributed by atoms with Gasteiger partial charge in [0.15, 0.2) is 0 Å². The molecular weight excluding hydrogens is 300 g/mol. The Morgan fingerprint density at radius 2 is 1.92 bits per heavy atom. The molecule has 1 aromatic rings. The number of fused-ring (bicyclic) bond motifs is 1. The molecule has 0 fully saturated rings. The summed E-state index contributed by atoms with van der Waals surface area (Å²) in [6.45, 7) is 9.56. The van der Waals surface area contributed by atoms with Crippen molar-refractivity contribution in [2.24, 2.45) is 11.8 Å². The van der Waals surface area contributed by atoms with E-state index in [1.807, 2.05) is 30.9 Å². The van der Waals surface area contributed by atoms with Crippen molar-refractivity contribution >= 4 is 17.5 Å². The summed E-state index contributed by atoms with van der Waals surface area (Å²) in [6, 6.07) is 6.18. The van der Waals surface area contributed by atoms with E-state index in [-0.39, 0.29) is 17.7 Å². The van der Waals surface area contributed by atoms with Crippen LogP contribution in [-0.4, -0.2) is 18.4 Å². The summed E-state index contributed by atoms with van der Waals surface area (Å²) >= 11 is 0. The Morgan fingerprint density at radius 1 is 1.21 bits per heavy atom. The van der Waals surface area contributed by atoms with Crippen molar-refractivity contribution < 1.29 is 9.59 Å². The Kier molecular flexibility index (Phi) is 6.41. The minimum atomic E-state index is 0.101. The maximum Gasteiger partial charge on any atom is 0.227 e. The van der Waals surface area contributed by atoms with Crippen molar-refractivity contribution in [2.75, 3.05) is 11.4 Å². The number of anilines is 1. The van der Waals surface area contributed by atoms with E-state index in [9.17, 15) is 9.59 Å². The first kappa shape index (κ1) is 18.5. The summed E-state index contributed by atoms with van der Waals surface area (Å²) in [4.78, 5) is 26.3. The third-order valence-electron chi connectivity index (χ3n) is 4.75. The lowest BCUT2D eigenvalue weighted by atomic mass is 10.0. The van der Waals surface area contributed by atoms with E-state index in [4.69, 9.17) is 0 Å². The fourth-order valence-corrected chi connectivity index (χ4v) is 3.28. The smallest absolute Gasteiger partial charge is 0.227 e. The van der Waals surface area contributed by atoms with E-state index in [1.165, 1.54) is 5.56 Å².